The lowest BCUT2D eigenvalue weighted by atomic mass is 10.1. The standard InChI is InChI=1S/C20H24N2O4S2/c1-14-7-8-15(20(23)21-16-9-11-27-12-10-16)13-19(14)28(24,25)22-17-5-3-4-6-18(17)26-2/h3-8,13,16,22H,9-12H2,1-2H3,(H,21,23). The van der Waals surface area contributed by atoms with Gasteiger partial charge in [-0.3, -0.25) is 9.52 Å². The highest BCUT2D eigenvalue weighted by molar-refractivity contribution is 7.99. The van der Waals surface area contributed by atoms with E-state index in [-0.39, 0.29) is 16.8 Å². The number of para-hydroxylation sites is 2. The van der Waals surface area contributed by atoms with Crippen LogP contribution in [0.4, 0.5) is 5.69 Å². The molecular formula is C20H24N2O4S2. The molecule has 28 heavy (non-hydrogen) atoms. The van der Waals surface area contributed by atoms with Crippen LogP contribution in [0.5, 0.6) is 5.75 Å². The van der Waals surface area contributed by atoms with Crippen LogP contribution >= 0.6 is 11.8 Å². The minimum atomic E-state index is -3.88. The molecule has 2 aromatic rings. The van der Waals surface area contributed by atoms with Crippen molar-refractivity contribution in [1.29, 1.82) is 0 Å². The maximum atomic E-state index is 13.0. The summed E-state index contributed by atoms with van der Waals surface area (Å²) < 4.78 is 33.7. The second kappa shape index (κ2) is 8.87. The van der Waals surface area contributed by atoms with E-state index in [1.54, 1.807) is 43.3 Å². The Morgan fingerprint density at radius 1 is 1.14 bits per heavy atom. The molecule has 3 rings (SSSR count). The highest BCUT2D eigenvalue weighted by atomic mass is 32.2. The number of methoxy groups -OCH3 is 1. The molecule has 1 saturated heterocycles. The second-order valence-electron chi connectivity index (χ2n) is 6.65. The Balaban J connectivity index is 1.84. The first-order valence-corrected chi connectivity index (χ1v) is 11.7. The Labute approximate surface area is 170 Å². The molecule has 0 unspecified atom stereocenters. The number of thioether (sulfide) groups is 1. The van der Waals surface area contributed by atoms with Gasteiger partial charge in [0.25, 0.3) is 15.9 Å². The van der Waals surface area contributed by atoms with E-state index in [2.05, 4.69) is 10.0 Å². The summed E-state index contributed by atoms with van der Waals surface area (Å²) >= 11 is 1.88. The fourth-order valence-electron chi connectivity index (χ4n) is 3.07. The van der Waals surface area contributed by atoms with Crippen LogP contribution in [0.1, 0.15) is 28.8 Å². The molecule has 0 atom stereocenters. The van der Waals surface area contributed by atoms with Gasteiger partial charge in [0.2, 0.25) is 0 Å². The van der Waals surface area contributed by atoms with Gasteiger partial charge in [0, 0.05) is 11.6 Å². The molecule has 6 nitrogen and oxygen atoms in total. The molecule has 0 saturated carbocycles. The number of amides is 1. The van der Waals surface area contributed by atoms with Crippen molar-refractivity contribution in [3.05, 3.63) is 53.6 Å². The third-order valence-electron chi connectivity index (χ3n) is 4.65. The number of hydrogen-bond acceptors (Lipinski definition) is 5. The zero-order valence-corrected chi connectivity index (χ0v) is 17.5. The number of carbonyl (C=O) groups excluding carboxylic acids is 1. The quantitative estimate of drug-likeness (QED) is 0.748. The summed E-state index contributed by atoms with van der Waals surface area (Å²) in [5, 5.41) is 3.01. The lowest BCUT2D eigenvalue weighted by Crippen LogP contribution is -2.37. The largest absolute Gasteiger partial charge is 0.495 e. The van der Waals surface area contributed by atoms with Crippen molar-refractivity contribution in [3.8, 4) is 5.75 Å². The molecule has 1 fully saturated rings. The average molecular weight is 421 g/mol. The third-order valence-corrected chi connectivity index (χ3v) is 7.20. The van der Waals surface area contributed by atoms with Crippen LogP contribution in [0, 0.1) is 6.92 Å². The van der Waals surface area contributed by atoms with E-state index in [4.69, 9.17) is 4.74 Å². The number of rotatable bonds is 6. The van der Waals surface area contributed by atoms with Crippen molar-refractivity contribution in [1.82, 2.24) is 5.32 Å². The van der Waals surface area contributed by atoms with E-state index < -0.39 is 10.0 Å². The molecule has 0 bridgehead atoms. The van der Waals surface area contributed by atoms with E-state index in [0.29, 0.717) is 22.6 Å². The molecule has 8 heteroatoms. The number of anilines is 1. The maximum Gasteiger partial charge on any atom is 0.262 e. The van der Waals surface area contributed by atoms with E-state index in [1.807, 2.05) is 11.8 Å². The van der Waals surface area contributed by atoms with Crippen molar-refractivity contribution in [2.24, 2.45) is 0 Å². The summed E-state index contributed by atoms with van der Waals surface area (Å²) in [5.74, 6) is 2.24. The minimum absolute atomic E-state index is 0.0743. The molecule has 2 N–H and O–H groups in total. The Morgan fingerprint density at radius 3 is 2.57 bits per heavy atom. The van der Waals surface area contributed by atoms with Gasteiger partial charge in [0.15, 0.2) is 0 Å². The Hall–Kier alpha value is -2.19. The lowest BCUT2D eigenvalue weighted by Gasteiger charge is -2.22. The smallest absolute Gasteiger partial charge is 0.262 e. The zero-order chi connectivity index (χ0) is 20.1. The maximum absolute atomic E-state index is 13.0. The fraction of sp³-hybridized carbons (Fsp3) is 0.350. The summed E-state index contributed by atoms with van der Waals surface area (Å²) in [6.07, 6.45) is 1.87. The van der Waals surface area contributed by atoms with Gasteiger partial charge in [-0.2, -0.15) is 11.8 Å². The van der Waals surface area contributed by atoms with Crippen LogP contribution in [0.2, 0.25) is 0 Å². The van der Waals surface area contributed by atoms with Crippen LogP contribution < -0.4 is 14.8 Å². The Morgan fingerprint density at radius 2 is 1.86 bits per heavy atom. The van der Waals surface area contributed by atoms with Crippen molar-refractivity contribution in [2.75, 3.05) is 23.3 Å². The molecule has 2 aromatic carbocycles. The highest BCUT2D eigenvalue weighted by Crippen LogP contribution is 2.27. The van der Waals surface area contributed by atoms with Gasteiger partial charge < -0.3 is 10.1 Å². The number of nitrogens with one attached hydrogen (secondary N) is 2. The van der Waals surface area contributed by atoms with Crippen molar-refractivity contribution in [2.45, 2.75) is 30.7 Å². The predicted molar refractivity (Wildman–Crippen MR) is 113 cm³/mol. The van der Waals surface area contributed by atoms with Crippen LogP contribution in [0.25, 0.3) is 0 Å². The first-order valence-electron chi connectivity index (χ1n) is 9.06. The fourth-order valence-corrected chi connectivity index (χ4v) is 5.52. The zero-order valence-electron chi connectivity index (χ0n) is 15.9. The first-order chi connectivity index (χ1) is 13.4. The van der Waals surface area contributed by atoms with Gasteiger partial charge in [0.05, 0.1) is 17.7 Å². The average Bonchev–Trinajstić information content (AvgIpc) is 2.69. The Kier molecular flexibility index (Phi) is 6.51. The molecule has 1 heterocycles. The molecule has 0 spiro atoms. The van der Waals surface area contributed by atoms with Crippen LogP contribution in [-0.4, -0.2) is 39.0 Å². The SMILES string of the molecule is COc1ccccc1NS(=O)(=O)c1cc(C(=O)NC2CCSCC2)ccc1C. The van der Waals surface area contributed by atoms with Gasteiger partial charge in [0.1, 0.15) is 5.75 Å². The van der Waals surface area contributed by atoms with Gasteiger partial charge in [-0.05, 0) is 61.1 Å². The molecule has 0 aliphatic carbocycles. The number of sulfonamides is 1. The molecule has 0 radical (unpaired) electrons. The van der Waals surface area contributed by atoms with Crippen molar-refractivity contribution in [3.63, 3.8) is 0 Å². The van der Waals surface area contributed by atoms with E-state index in [1.165, 1.54) is 13.2 Å². The summed E-state index contributed by atoms with van der Waals surface area (Å²) in [6.45, 7) is 1.71. The normalized spacial score (nSPS) is 15.1. The number of aryl methyl sites for hydroxylation is 1. The molecule has 150 valence electrons. The number of ether oxygens (including phenoxy) is 1. The third kappa shape index (κ3) is 4.80. The monoisotopic (exact) mass is 420 g/mol. The predicted octanol–water partition coefficient (Wildman–Crippen LogP) is 3.43. The van der Waals surface area contributed by atoms with Gasteiger partial charge in [-0.15, -0.1) is 0 Å². The molecule has 1 amide bonds. The van der Waals surface area contributed by atoms with Gasteiger partial charge >= 0.3 is 0 Å². The number of benzene rings is 2. The van der Waals surface area contributed by atoms with E-state index in [9.17, 15) is 13.2 Å². The topological polar surface area (TPSA) is 84.5 Å². The summed E-state index contributed by atoms with van der Waals surface area (Å²) in [6, 6.07) is 11.7. The molecule has 1 aliphatic rings. The summed E-state index contributed by atoms with van der Waals surface area (Å²) in [7, 11) is -2.40. The Bertz CT molecular complexity index is 954. The van der Waals surface area contributed by atoms with Crippen molar-refractivity contribution >= 4 is 33.4 Å². The van der Waals surface area contributed by atoms with Crippen molar-refractivity contribution < 1.29 is 17.9 Å². The highest BCUT2D eigenvalue weighted by Gasteiger charge is 2.22. The second-order valence-corrected chi connectivity index (χ2v) is 9.52. The first kappa shape index (κ1) is 20.5. The molecule has 0 aromatic heterocycles. The van der Waals surface area contributed by atoms with Gasteiger partial charge in [-0.1, -0.05) is 18.2 Å². The summed E-state index contributed by atoms with van der Waals surface area (Å²) in [4.78, 5) is 12.7. The number of carbonyl (C=O) groups is 1. The molecule has 1 aliphatic heterocycles. The van der Waals surface area contributed by atoms with Crippen LogP contribution in [0.15, 0.2) is 47.4 Å². The number of hydrogen-bond donors (Lipinski definition) is 2. The minimum Gasteiger partial charge on any atom is -0.495 e. The summed E-state index contributed by atoms with van der Waals surface area (Å²) in [5.41, 5.74) is 1.25. The molecular weight excluding hydrogens is 396 g/mol. The van der Waals surface area contributed by atoms with Gasteiger partial charge in [-0.25, -0.2) is 8.42 Å². The van der Waals surface area contributed by atoms with E-state index in [0.717, 1.165) is 24.3 Å². The lowest BCUT2D eigenvalue weighted by molar-refractivity contribution is 0.0934. The van der Waals surface area contributed by atoms with Crippen LogP contribution in [0.3, 0.4) is 0 Å². The van der Waals surface area contributed by atoms with Crippen LogP contribution in [-0.2, 0) is 10.0 Å². The van der Waals surface area contributed by atoms with E-state index >= 15 is 0 Å².